The first-order valence-corrected chi connectivity index (χ1v) is 11.3. The van der Waals surface area contributed by atoms with Gasteiger partial charge in [0.25, 0.3) is 11.8 Å². The van der Waals surface area contributed by atoms with Gasteiger partial charge < -0.3 is 19.4 Å². The fourth-order valence-electron chi connectivity index (χ4n) is 4.42. The Labute approximate surface area is 207 Å². The molecule has 1 atom stereocenters. The molecule has 3 heterocycles. The van der Waals surface area contributed by atoms with Crippen LogP contribution in [0.15, 0.2) is 35.3 Å². The molecule has 37 heavy (non-hydrogen) atoms. The third-order valence-electron chi connectivity index (χ3n) is 6.17. The Hall–Kier alpha value is -3.94. The molecular formula is C23H22F4N4O6. The van der Waals surface area contributed by atoms with E-state index in [0.29, 0.717) is 13.0 Å². The molecule has 198 valence electrons. The number of hydrogen-bond acceptors (Lipinski definition) is 7. The lowest BCUT2D eigenvalue weighted by Gasteiger charge is -2.47. The number of alkyl halides is 3. The fraction of sp³-hybridized carbons (Fsp3) is 0.391. The summed E-state index contributed by atoms with van der Waals surface area (Å²) < 4.78 is 52.0. The number of rotatable bonds is 5. The average molecular weight is 526 g/mol. The van der Waals surface area contributed by atoms with Gasteiger partial charge >= 0.3 is 12.1 Å². The summed E-state index contributed by atoms with van der Waals surface area (Å²) in [5.41, 5.74) is -0.442. The normalized spacial score (nSPS) is 17.7. The van der Waals surface area contributed by atoms with Crippen LogP contribution in [0.25, 0.3) is 0 Å². The molecule has 2 aromatic rings. The van der Waals surface area contributed by atoms with E-state index >= 15 is 0 Å². The molecule has 2 amide bonds. The Bertz CT molecular complexity index is 1280. The van der Waals surface area contributed by atoms with Crippen LogP contribution in [-0.4, -0.2) is 69.2 Å². The maximum atomic E-state index is 13.1. The number of carbonyl (C=O) groups is 3. The number of nitrogens with one attached hydrogen (secondary N) is 1. The van der Waals surface area contributed by atoms with E-state index in [1.807, 2.05) is 5.48 Å². The van der Waals surface area contributed by atoms with Crippen LogP contribution in [0.3, 0.4) is 0 Å². The Morgan fingerprint density at radius 1 is 1.14 bits per heavy atom. The van der Waals surface area contributed by atoms with E-state index in [2.05, 4.69) is 4.84 Å². The van der Waals surface area contributed by atoms with Crippen LogP contribution in [0.2, 0.25) is 0 Å². The number of pyridine rings is 1. The SMILES string of the molecule is O=C(NOC(=O)c1cn2c(c(O)c1=O)C(=O)N1CCCN(CCCC(F)(F)F)C1C2)c1ccc(F)cc1. The topological polar surface area (TPSA) is 121 Å². The van der Waals surface area contributed by atoms with Gasteiger partial charge in [0.05, 0.1) is 6.54 Å². The molecule has 0 bridgehead atoms. The number of fused-ring (bicyclic) bond motifs is 2. The molecule has 0 aliphatic carbocycles. The predicted molar refractivity (Wildman–Crippen MR) is 118 cm³/mol. The molecular weight excluding hydrogens is 504 g/mol. The number of carbonyl (C=O) groups excluding carboxylic acids is 3. The minimum atomic E-state index is -4.31. The summed E-state index contributed by atoms with van der Waals surface area (Å²) in [6.45, 7) is 0.771. The molecule has 14 heteroatoms. The summed E-state index contributed by atoms with van der Waals surface area (Å²) in [6, 6.07) is 4.31. The zero-order valence-electron chi connectivity index (χ0n) is 19.3. The van der Waals surface area contributed by atoms with Gasteiger partial charge in [-0.3, -0.25) is 19.3 Å². The van der Waals surface area contributed by atoms with E-state index in [0.717, 1.165) is 30.5 Å². The summed E-state index contributed by atoms with van der Waals surface area (Å²) in [5, 5.41) is 10.5. The molecule has 2 aliphatic heterocycles. The van der Waals surface area contributed by atoms with Gasteiger partial charge in [-0.1, -0.05) is 0 Å². The summed E-state index contributed by atoms with van der Waals surface area (Å²) in [6.07, 6.45) is -4.61. The smallest absolute Gasteiger partial charge is 0.389 e. The van der Waals surface area contributed by atoms with Gasteiger partial charge in [-0.15, -0.1) is 0 Å². The Morgan fingerprint density at radius 3 is 2.51 bits per heavy atom. The number of hydrogen-bond donors (Lipinski definition) is 2. The molecule has 0 spiro atoms. The van der Waals surface area contributed by atoms with Crippen molar-refractivity contribution in [3.8, 4) is 5.75 Å². The highest BCUT2D eigenvalue weighted by Gasteiger charge is 2.41. The van der Waals surface area contributed by atoms with Crippen molar-refractivity contribution in [2.75, 3.05) is 19.6 Å². The van der Waals surface area contributed by atoms with E-state index in [9.17, 15) is 41.8 Å². The second-order valence-corrected chi connectivity index (χ2v) is 8.64. The van der Waals surface area contributed by atoms with Crippen molar-refractivity contribution in [1.29, 1.82) is 0 Å². The predicted octanol–water partition coefficient (Wildman–Crippen LogP) is 2.02. The monoisotopic (exact) mass is 526 g/mol. The van der Waals surface area contributed by atoms with Gasteiger partial charge in [-0.05, 0) is 37.1 Å². The van der Waals surface area contributed by atoms with Crippen LogP contribution in [0, 0.1) is 5.82 Å². The Kier molecular flexibility index (Phi) is 7.21. The number of nitrogens with zero attached hydrogens (tertiary/aromatic N) is 3. The van der Waals surface area contributed by atoms with E-state index in [-0.39, 0.29) is 37.3 Å². The third-order valence-corrected chi connectivity index (χ3v) is 6.17. The molecule has 1 unspecified atom stereocenters. The summed E-state index contributed by atoms with van der Waals surface area (Å²) in [5.74, 6) is -4.51. The first-order valence-electron chi connectivity index (χ1n) is 11.3. The first kappa shape index (κ1) is 26.1. The summed E-state index contributed by atoms with van der Waals surface area (Å²) >= 11 is 0. The van der Waals surface area contributed by atoms with Crippen LogP contribution in [0.5, 0.6) is 5.75 Å². The van der Waals surface area contributed by atoms with E-state index in [1.165, 1.54) is 9.47 Å². The van der Waals surface area contributed by atoms with Gasteiger partial charge in [0.2, 0.25) is 5.43 Å². The van der Waals surface area contributed by atoms with Crippen molar-refractivity contribution < 1.29 is 41.9 Å². The second kappa shape index (κ2) is 10.2. The Balaban J connectivity index is 1.53. The lowest BCUT2D eigenvalue weighted by Crippen LogP contribution is -2.61. The lowest BCUT2D eigenvalue weighted by molar-refractivity contribution is -0.137. The number of aromatic nitrogens is 1. The van der Waals surface area contributed by atoms with Crippen molar-refractivity contribution in [1.82, 2.24) is 19.8 Å². The van der Waals surface area contributed by atoms with Crippen molar-refractivity contribution in [2.45, 2.75) is 38.1 Å². The average Bonchev–Trinajstić information content (AvgIpc) is 2.84. The molecule has 1 saturated heterocycles. The lowest BCUT2D eigenvalue weighted by atomic mass is 10.1. The molecule has 2 N–H and O–H groups in total. The Morgan fingerprint density at radius 2 is 1.84 bits per heavy atom. The number of halogens is 4. The van der Waals surface area contributed by atoms with E-state index < -0.39 is 59.1 Å². The van der Waals surface area contributed by atoms with E-state index in [4.69, 9.17) is 0 Å². The largest absolute Gasteiger partial charge is 0.503 e. The maximum Gasteiger partial charge on any atom is 0.389 e. The fourth-order valence-corrected chi connectivity index (χ4v) is 4.42. The van der Waals surface area contributed by atoms with Gasteiger partial charge in [0.1, 0.15) is 17.5 Å². The molecule has 1 aromatic carbocycles. The highest BCUT2D eigenvalue weighted by Crippen LogP contribution is 2.29. The third kappa shape index (κ3) is 5.58. The quantitative estimate of drug-likeness (QED) is 0.452. The van der Waals surface area contributed by atoms with Crippen LogP contribution in [0.1, 0.15) is 50.5 Å². The second-order valence-electron chi connectivity index (χ2n) is 8.64. The standard InChI is InChI=1S/C23H22F4N4O6/c24-14-5-3-13(4-6-14)20(34)28-37-22(36)15-11-30-12-16-29(8-1-7-23(25,26)27)9-2-10-31(16)21(35)17(30)19(33)18(15)32/h3-6,11,16,33H,1-2,7-10,12H2,(H,28,34). The molecule has 2 aliphatic rings. The van der Waals surface area contributed by atoms with Gasteiger partial charge in [0.15, 0.2) is 11.4 Å². The minimum Gasteiger partial charge on any atom is -0.503 e. The zero-order chi connectivity index (χ0) is 26.9. The minimum absolute atomic E-state index is 0.0247. The zero-order valence-corrected chi connectivity index (χ0v) is 19.3. The molecule has 4 rings (SSSR count). The van der Waals surface area contributed by atoms with Crippen molar-refractivity contribution in [2.24, 2.45) is 0 Å². The highest BCUT2D eigenvalue weighted by atomic mass is 19.4. The van der Waals surface area contributed by atoms with Gasteiger partial charge in [-0.2, -0.15) is 18.7 Å². The van der Waals surface area contributed by atoms with Crippen LogP contribution in [0.4, 0.5) is 17.6 Å². The van der Waals surface area contributed by atoms with Crippen LogP contribution < -0.4 is 10.9 Å². The maximum absolute atomic E-state index is 13.1. The van der Waals surface area contributed by atoms with Crippen molar-refractivity contribution >= 4 is 17.8 Å². The summed E-state index contributed by atoms with van der Waals surface area (Å²) in [7, 11) is 0. The number of amides is 2. The van der Waals surface area contributed by atoms with Gasteiger partial charge in [-0.25, -0.2) is 9.18 Å². The molecule has 0 saturated carbocycles. The van der Waals surface area contributed by atoms with Crippen molar-refractivity contribution in [3.05, 3.63) is 63.3 Å². The van der Waals surface area contributed by atoms with Gasteiger partial charge in [0, 0.05) is 37.8 Å². The summed E-state index contributed by atoms with van der Waals surface area (Å²) in [4.78, 5) is 58.1. The molecule has 1 aromatic heterocycles. The molecule has 1 fully saturated rings. The number of hydroxylamine groups is 1. The van der Waals surface area contributed by atoms with E-state index in [1.54, 1.807) is 4.90 Å². The first-order chi connectivity index (χ1) is 17.5. The van der Waals surface area contributed by atoms with Crippen LogP contribution >= 0.6 is 0 Å². The highest BCUT2D eigenvalue weighted by molar-refractivity contribution is 5.99. The number of benzene rings is 1. The number of aromatic hydroxyl groups is 1. The van der Waals surface area contributed by atoms with Crippen LogP contribution in [-0.2, 0) is 11.4 Å². The molecule has 0 radical (unpaired) electrons. The van der Waals surface area contributed by atoms with Crippen molar-refractivity contribution in [3.63, 3.8) is 0 Å². The molecule has 10 nitrogen and oxygen atoms in total.